The molecule has 3 aromatic rings. The molecule has 3 rings (SSSR count). The highest BCUT2D eigenvalue weighted by atomic mass is 19.1. The van der Waals surface area contributed by atoms with Gasteiger partial charge in [0, 0.05) is 29.7 Å². The van der Waals surface area contributed by atoms with Crippen molar-refractivity contribution >= 4 is 17.3 Å². The smallest absolute Gasteiger partial charge is 0.405 e. The third kappa shape index (κ3) is 5.16. The summed E-state index contributed by atoms with van der Waals surface area (Å²) in [5.74, 6) is -0.309. The van der Waals surface area contributed by atoms with Crippen LogP contribution in [-0.4, -0.2) is 38.3 Å². The van der Waals surface area contributed by atoms with Crippen LogP contribution in [0, 0.1) is 11.7 Å². The Morgan fingerprint density at radius 2 is 1.93 bits per heavy atom. The topological polar surface area (TPSA) is 97.2 Å². The third-order valence-corrected chi connectivity index (χ3v) is 4.44. The zero-order valence-electron chi connectivity index (χ0n) is 16.5. The number of carbonyl (C=O) groups is 1. The van der Waals surface area contributed by atoms with Crippen LogP contribution in [0.4, 0.5) is 9.18 Å². The second kappa shape index (κ2) is 8.38. The predicted molar refractivity (Wildman–Crippen MR) is 107 cm³/mol. The zero-order chi connectivity index (χ0) is 21.0. The van der Waals surface area contributed by atoms with E-state index in [0.29, 0.717) is 23.1 Å². The van der Waals surface area contributed by atoms with Gasteiger partial charge in [-0.1, -0.05) is 13.0 Å². The van der Waals surface area contributed by atoms with Crippen molar-refractivity contribution < 1.29 is 19.0 Å². The lowest BCUT2D eigenvalue weighted by molar-refractivity contribution is 0.168. The first-order chi connectivity index (χ1) is 13.7. The molecule has 0 bridgehead atoms. The van der Waals surface area contributed by atoms with Crippen molar-refractivity contribution in [2.75, 3.05) is 6.61 Å². The number of hydrogen-bond acceptors (Lipinski definition) is 5. The maximum atomic E-state index is 14.6. The number of halogens is 1. The van der Waals surface area contributed by atoms with Gasteiger partial charge in [0.1, 0.15) is 5.52 Å². The van der Waals surface area contributed by atoms with E-state index < -0.39 is 17.4 Å². The molecule has 0 saturated carbocycles. The van der Waals surface area contributed by atoms with E-state index in [1.807, 2.05) is 6.92 Å². The molecule has 152 valence electrons. The van der Waals surface area contributed by atoms with Crippen LogP contribution < -0.4 is 10.1 Å². The number of carboxylic acid groups (broad SMARTS) is 1. The van der Waals surface area contributed by atoms with Gasteiger partial charge in [0.15, 0.2) is 17.2 Å². The van der Waals surface area contributed by atoms with E-state index in [1.54, 1.807) is 50.6 Å². The Kier molecular flexibility index (Phi) is 5.91. The van der Waals surface area contributed by atoms with Gasteiger partial charge in [0.25, 0.3) is 0 Å². The monoisotopic (exact) mass is 398 g/mol. The number of pyridine rings is 1. The Labute approximate surface area is 168 Å². The highest BCUT2D eigenvalue weighted by Gasteiger charge is 2.23. The van der Waals surface area contributed by atoms with Gasteiger partial charge >= 0.3 is 6.09 Å². The summed E-state index contributed by atoms with van der Waals surface area (Å²) < 4.78 is 20.3. The molecule has 0 spiro atoms. The number of nitrogens with one attached hydrogen (secondary N) is 1. The molecule has 7 nitrogen and oxygen atoms in total. The minimum atomic E-state index is -1.07. The number of rotatable bonds is 7. The van der Waals surface area contributed by atoms with Crippen molar-refractivity contribution in [2.45, 2.75) is 32.7 Å². The SMILES string of the molecule is C[C@H](COc1ccc(-c2ccnc3nccnc23)cc1F)CC(C)(C)NC(=O)O. The quantitative estimate of drug-likeness (QED) is 0.616. The Balaban J connectivity index is 1.71. The van der Waals surface area contributed by atoms with E-state index in [4.69, 9.17) is 9.84 Å². The maximum Gasteiger partial charge on any atom is 0.405 e. The van der Waals surface area contributed by atoms with Crippen molar-refractivity contribution in [1.82, 2.24) is 20.3 Å². The summed E-state index contributed by atoms with van der Waals surface area (Å²) >= 11 is 0. The summed E-state index contributed by atoms with van der Waals surface area (Å²) in [6.07, 6.45) is 4.23. The zero-order valence-corrected chi connectivity index (χ0v) is 16.5. The first kappa shape index (κ1) is 20.4. The van der Waals surface area contributed by atoms with Gasteiger partial charge in [0.2, 0.25) is 0 Å². The number of fused-ring (bicyclic) bond motifs is 1. The van der Waals surface area contributed by atoms with Crippen LogP contribution in [0.25, 0.3) is 22.3 Å². The summed E-state index contributed by atoms with van der Waals surface area (Å²) in [6, 6.07) is 6.52. The van der Waals surface area contributed by atoms with Crippen LogP contribution in [0.1, 0.15) is 27.2 Å². The largest absolute Gasteiger partial charge is 0.490 e. The molecule has 0 aliphatic rings. The van der Waals surface area contributed by atoms with Gasteiger partial charge in [-0.25, -0.2) is 19.2 Å². The molecule has 0 radical (unpaired) electrons. The van der Waals surface area contributed by atoms with Crippen molar-refractivity contribution in [3.63, 3.8) is 0 Å². The number of hydrogen-bond donors (Lipinski definition) is 2. The molecule has 0 saturated heterocycles. The highest BCUT2D eigenvalue weighted by molar-refractivity contribution is 5.88. The van der Waals surface area contributed by atoms with E-state index in [9.17, 15) is 9.18 Å². The third-order valence-electron chi connectivity index (χ3n) is 4.44. The molecular weight excluding hydrogens is 375 g/mol. The standard InChI is InChI=1S/C21H23FN4O3/c1-13(11-21(2,3)26-20(27)28)12-29-17-5-4-14(10-16(17)22)15-6-7-24-19-18(15)23-8-9-25-19/h4-10,13,26H,11-12H2,1-3H3,(H,27,28)/t13-/m0/s1. The van der Waals surface area contributed by atoms with Crippen LogP contribution in [-0.2, 0) is 0 Å². The highest BCUT2D eigenvalue weighted by Crippen LogP contribution is 2.29. The van der Waals surface area contributed by atoms with E-state index in [0.717, 1.165) is 5.56 Å². The second-order valence-corrected chi connectivity index (χ2v) is 7.67. The van der Waals surface area contributed by atoms with Crippen LogP contribution in [0.15, 0.2) is 42.9 Å². The van der Waals surface area contributed by atoms with Crippen LogP contribution >= 0.6 is 0 Å². The fourth-order valence-electron chi connectivity index (χ4n) is 3.40. The minimum absolute atomic E-state index is 0.0235. The average molecular weight is 398 g/mol. The second-order valence-electron chi connectivity index (χ2n) is 7.67. The summed E-state index contributed by atoms with van der Waals surface area (Å²) in [5.41, 5.74) is 1.90. The first-order valence-corrected chi connectivity index (χ1v) is 9.25. The maximum absolute atomic E-state index is 14.6. The Bertz CT molecular complexity index is 1020. The molecule has 2 N–H and O–H groups in total. The minimum Gasteiger partial charge on any atom is -0.490 e. The summed E-state index contributed by atoms with van der Waals surface area (Å²) in [7, 11) is 0. The molecule has 0 unspecified atom stereocenters. The molecule has 0 aliphatic carbocycles. The van der Waals surface area contributed by atoms with Crippen molar-refractivity contribution in [2.24, 2.45) is 5.92 Å². The number of aromatic nitrogens is 3. The van der Waals surface area contributed by atoms with Gasteiger partial charge < -0.3 is 15.2 Å². The lowest BCUT2D eigenvalue weighted by Crippen LogP contribution is -2.44. The molecule has 1 aromatic carbocycles. The Morgan fingerprint density at radius 1 is 1.21 bits per heavy atom. The number of nitrogens with zero attached hydrogens (tertiary/aromatic N) is 3. The van der Waals surface area contributed by atoms with Crippen LogP contribution in [0.3, 0.4) is 0 Å². The molecule has 2 aromatic heterocycles. The lowest BCUT2D eigenvalue weighted by Gasteiger charge is -2.28. The number of benzene rings is 1. The molecular formula is C21H23FN4O3. The molecule has 2 heterocycles. The fraction of sp³-hybridized carbons (Fsp3) is 0.333. The Hall–Kier alpha value is -3.29. The van der Waals surface area contributed by atoms with Crippen LogP contribution in [0.2, 0.25) is 0 Å². The van der Waals surface area contributed by atoms with Crippen molar-refractivity contribution in [1.29, 1.82) is 0 Å². The number of amides is 1. The molecule has 1 amide bonds. The van der Waals surface area contributed by atoms with E-state index in [2.05, 4.69) is 20.3 Å². The van der Waals surface area contributed by atoms with E-state index >= 15 is 0 Å². The molecule has 29 heavy (non-hydrogen) atoms. The van der Waals surface area contributed by atoms with Crippen LogP contribution in [0.5, 0.6) is 5.75 Å². The predicted octanol–water partition coefficient (Wildman–Crippen LogP) is 4.28. The normalized spacial score (nSPS) is 12.6. The molecule has 0 fully saturated rings. The van der Waals surface area contributed by atoms with Crippen molar-refractivity contribution in [3.05, 3.63) is 48.7 Å². The van der Waals surface area contributed by atoms with Gasteiger partial charge in [-0.3, -0.25) is 4.98 Å². The van der Waals surface area contributed by atoms with Gasteiger partial charge in [-0.05, 0) is 49.9 Å². The average Bonchev–Trinajstić information content (AvgIpc) is 2.65. The Morgan fingerprint density at radius 3 is 2.66 bits per heavy atom. The summed E-state index contributed by atoms with van der Waals surface area (Å²) in [6.45, 7) is 5.80. The number of ether oxygens (including phenoxy) is 1. The summed E-state index contributed by atoms with van der Waals surface area (Å²) in [5, 5.41) is 11.4. The first-order valence-electron chi connectivity index (χ1n) is 9.25. The van der Waals surface area contributed by atoms with Gasteiger partial charge in [-0.15, -0.1) is 0 Å². The van der Waals surface area contributed by atoms with Gasteiger partial charge in [0.05, 0.1) is 6.61 Å². The molecule has 0 aliphatic heterocycles. The molecule has 1 atom stereocenters. The van der Waals surface area contributed by atoms with Crippen molar-refractivity contribution in [3.8, 4) is 16.9 Å². The fourth-order valence-corrected chi connectivity index (χ4v) is 3.40. The molecule has 8 heteroatoms. The van der Waals surface area contributed by atoms with E-state index in [1.165, 1.54) is 6.07 Å². The lowest BCUT2D eigenvalue weighted by atomic mass is 9.92. The van der Waals surface area contributed by atoms with Gasteiger partial charge in [-0.2, -0.15) is 0 Å². The van der Waals surface area contributed by atoms with E-state index in [-0.39, 0.29) is 18.3 Å². The summed E-state index contributed by atoms with van der Waals surface area (Å²) in [4.78, 5) is 23.5.